The van der Waals surface area contributed by atoms with Crippen molar-refractivity contribution in [2.45, 2.75) is 19.8 Å². The first-order valence-corrected chi connectivity index (χ1v) is 5.41. The molecule has 0 saturated carbocycles. The van der Waals surface area contributed by atoms with Crippen LogP contribution >= 0.6 is 0 Å². The maximum atomic E-state index is 11.2. The Morgan fingerprint density at radius 1 is 1.55 bits per heavy atom. The smallest absolute Gasteiger partial charge is 0.236 e. The Bertz CT molecular complexity index is 206. The Morgan fingerprint density at radius 3 is 2.73 bits per heavy atom. The van der Waals surface area contributed by atoms with Crippen molar-refractivity contribution < 1.29 is 13.3 Å². The zero-order chi connectivity index (χ0) is 8.32. The van der Waals surface area contributed by atoms with E-state index < -0.39 is 10.0 Å². The van der Waals surface area contributed by atoms with Crippen molar-refractivity contribution in [3.63, 3.8) is 0 Å². The fourth-order valence-corrected chi connectivity index (χ4v) is 2.37. The van der Waals surface area contributed by atoms with Gasteiger partial charge in [-0.3, -0.25) is 4.84 Å². The first-order valence-electron chi connectivity index (χ1n) is 3.80. The maximum Gasteiger partial charge on any atom is 0.236 e. The highest BCUT2D eigenvalue weighted by molar-refractivity contribution is 7.88. The van der Waals surface area contributed by atoms with Gasteiger partial charge in [0, 0.05) is 6.54 Å². The summed E-state index contributed by atoms with van der Waals surface area (Å²) in [7, 11) is -3.10. The van der Waals surface area contributed by atoms with E-state index in [0.717, 1.165) is 10.9 Å². The van der Waals surface area contributed by atoms with Crippen molar-refractivity contribution in [1.29, 1.82) is 0 Å². The van der Waals surface area contributed by atoms with Crippen molar-refractivity contribution in [2.75, 3.05) is 18.9 Å². The monoisotopic (exact) mass is 179 g/mol. The van der Waals surface area contributed by atoms with Gasteiger partial charge in [0.05, 0.1) is 12.4 Å². The third kappa shape index (κ3) is 2.15. The topological polar surface area (TPSA) is 46.6 Å². The van der Waals surface area contributed by atoms with E-state index in [2.05, 4.69) is 0 Å². The summed E-state index contributed by atoms with van der Waals surface area (Å²) >= 11 is 0. The van der Waals surface area contributed by atoms with Crippen molar-refractivity contribution in [2.24, 2.45) is 0 Å². The molecule has 1 rings (SSSR count). The number of rotatable bonds is 3. The van der Waals surface area contributed by atoms with Gasteiger partial charge in [-0.1, -0.05) is 11.4 Å². The largest absolute Gasteiger partial charge is 0.284 e. The van der Waals surface area contributed by atoms with Gasteiger partial charge in [0.15, 0.2) is 0 Å². The van der Waals surface area contributed by atoms with E-state index >= 15 is 0 Å². The Labute approximate surface area is 67.1 Å². The molecule has 0 atom stereocenters. The maximum absolute atomic E-state index is 11.2. The molecule has 4 nitrogen and oxygen atoms in total. The minimum atomic E-state index is -3.10. The van der Waals surface area contributed by atoms with E-state index in [4.69, 9.17) is 4.84 Å². The van der Waals surface area contributed by atoms with E-state index in [-0.39, 0.29) is 5.75 Å². The lowest BCUT2D eigenvalue weighted by atomic mass is 10.5. The average molecular weight is 179 g/mol. The van der Waals surface area contributed by atoms with E-state index in [1.54, 1.807) is 0 Å². The second kappa shape index (κ2) is 3.51. The molecule has 0 unspecified atom stereocenters. The summed E-state index contributed by atoms with van der Waals surface area (Å²) in [6, 6.07) is 0. The summed E-state index contributed by atoms with van der Waals surface area (Å²) in [5, 5.41) is 0. The van der Waals surface area contributed by atoms with E-state index in [0.29, 0.717) is 19.6 Å². The third-order valence-corrected chi connectivity index (χ3v) is 3.33. The molecule has 0 aromatic rings. The fourth-order valence-electron chi connectivity index (χ4n) is 1.00. The summed E-state index contributed by atoms with van der Waals surface area (Å²) in [5.41, 5.74) is 0. The summed E-state index contributed by atoms with van der Waals surface area (Å²) in [6.45, 7) is 2.89. The van der Waals surface area contributed by atoms with Gasteiger partial charge in [0.1, 0.15) is 0 Å². The molecule has 0 aromatic heterocycles. The number of sulfonamides is 1. The molecular formula is C6H13NO3S. The second-order valence-corrected chi connectivity index (χ2v) is 4.51. The third-order valence-electron chi connectivity index (χ3n) is 1.49. The van der Waals surface area contributed by atoms with Crippen LogP contribution in [-0.2, 0) is 14.9 Å². The number of hydrogen-bond donors (Lipinski definition) is 0. The van der Waals surface area contributed by atoms with Crippen LogP contribution < -0.4 is 0 Å². The molecule has 0 radical (unpaired) electrons. The minimum absolute atomic E-state index is 0.187. The van der Waals surface area contributed by atoms with Gasteiger partial charge >= 0.3 is 0 Å². The van der Waals surface area contributed by atoms with E-state index in [1.165, 1.54) is 0 Å². The van der Waals surface area contributed by atoms with Crippen LogP contribution in [0.15, 0.2) is 0 Å². The lowest BCUT2D eigenvalue weighted by Gasteiger charge is -2.12. The lowest BCUT2D eigenvalue weighted by Crippen LogP contribution is -2.28. The van der Waals surface area contributed by atoms with E-state index in [9.17, 15) is 8.42 Å². The predicted molar refractivity (Wildman–Crippen MR) is 41.4 cm³/mol. The van der Waals surface area contributed by atoms with Gasteiger partial charge in [-0.05, 0) is 12.8 Å². The molecular weight excluding hydrogens is 166 g/mol. The molecule has 11 heavy (non-hydrogen) atoms. The fraction of sp³-hybridized carbons (Fsp3) is 1.00. The van der Waals surface area contributed by atoms with Gasteiger partial charge in [-0.15, -0.1) is 0 Å². The molecule has 0 spiro atoms. The summed E-state index contributed by atoms with van der Waals surface area (Å²) in [5.74, 6) is 0.187. The summed E-state index contributed by atoms with van der Waals surface area (Å²) < 4.78 is 23.6. The standard InChI is InChI=1S/C6H13NO3S/c1-2-6-11(8,9)7-4-3-5-10-7/h2-6H2,1H3. The van der Waals surface area contributed by atoms with Gasteiger partial charge in [0.25, 0.3) is 0 Å². The molecule has 1 fully saturated rings. The van der Waals surface area contributed by atoms with E-state index in [1.807, 2.05) is 6.92 Å². The normalized spacial score (nSPS) is 20.8. The van der Waals surface area contributed by atoms with Crippen molar-refractivity contribution >= 4 is 10.0 Å². The van der Waals surface area contributed by atoms with Crippen LogP contribution in [0, 0.1) is 0 Å². The summed E-state index contributed by atoms with van der Waals surface area (Å²) in [6.07, 6.45) is 1.45. The van der Waals surface area contributed by atoms with Crippen molar-refractivity contribution in [3.8, 4) is 0 Å². The van der Waals surface area contributed by atoms with Gasteiger partial charge < -0.3 is 0 Å². The molecule has 0 N–H and O–H groups in total. The average Bonchev–Trinajstić information content (AvgIpc) is 2.37. The number of nitrogens with zero attached hydrogens (tertiary/aromatic N) is 1. The zero-order valence-electron chi connectivity index (χ0n) is 6.62. The molecule has 0 bridgehead atoms. The molecule has 66 valence electrons. The van der Waals surface area contributed by atoms with Crippen molar-refractivity contribution in [3.05, 3.63) is 0 Å². The highest BCUT2D eigenvalue weighted by Crippen LogP contribution is 2.11. The highest BCUT2D eigenvalue weighted by Gasteiger charge is 2.25. The molecule has 0 amide bonds. The van der Waals surface area contributed by atoms with Crippen LogP contribution in [-0.4, -0.2) is 31.8 Å². The minimum Gasteiger partial charge on any atom is -0.284 e. The van der Waals surface area contributed by atoms with Crippen LogP contribution in [0.3, 0.4) is 0 Å². The number of hydrogen-bond acceptors (Lipinski definition) is 3. The van der Waals surface area contributed by atoms with Gasteiger partial charge in [0.2, 0.25) is 10.0 Å². The van der Waals surface area contributed by atoms with Gasteiger partial charge in [-0.25, -0.2) is 8.42 Å². The Kier molecular flexibility index (Phi) is 2.86. The Hall–Kier alpha value is -0.130. The molecule has 1 aliphatic heterocycles. The van der Waals surface area contributed by atoms with Crippen molar-refractivity contribution in [1.82, 2.24) is 4.47 Å². The second-order valence-electron chi connectivity index (χ2n) is 2.53. The van der Waals surface area contributed by atoms with Crippen LogP contribution in [0.5, 0.6) is 0 Å². The Morgan fingerprint density at radius 2 is 2.27 bits per heavy atom. The number of hydroxylamine groups is 1. The zero-order valence-corrected chi connectivity index (χ0v) is 7.43. The predicted octanol–water partition coefficient (Wildman–Crippen LogP) is 0.364. The SMILES string of the molecule is CCCS(=O)(=O)N1CCCO1. The highest BCUT2D eigenvalue weighted by atomic mass is 32.2. The quantitative estimate of drug-likeness (QED) is 0.628. The van der Waals surface area contributed by atoms with Crippen LogP contribution in [0.25, 0.3) is 0 Å². The Balaban J connectivity index is 2.56. The molecule has 0 aliphatic carbocycles. The first kappa shape index (κ1) is 8.96. The van der Waals surface area contributed by atoms with Crippen LogP contribution in [0.1, 0.15) is 19.8 Å². The molecule has 5 heteroatoms. The molecule has 0 aromatic carbocycles. The van der Waals surface area contributed by atoms with Crippen LogP contribution in [0.2, 0.25) is 0 Å². The van der Waals surface area contributed by atoms with Crippen LogP contribution in [0.4, 0.5) is 0 Å². The molecule has 1 aliphatic rings. The first-order chi connectivity index (χ1) is 5.17. The van der Waals surface area contributed by atoms with Gasteiger partial charge in [-0.2, -0.15) is 0 Å². The summed E-state index contributed by atoms with van der Waals surface area (Å²) in [4.78, 5) is 4.92. The lowest BCUT2D eigenvalue weighted by molar-refractivity contribution is -0.0284. The molecule has 1 heterocycles. The molecule has 1 saturated heterocycles.